The summed E-state index contributed by atoms with van der Waals surface area (Å²) in [6, 6.07) is 26.0. The SMILES string of the molecule is N#Cc1c(=O)n(-c2ccccc2)nc2c(=O)n(/N=C\c3ccccc3Cl)c(-c3ccccc3Cl)cc12. The van der Waals surface area contributed by atoms with E-state index in [1.54, 1.807) is 78.9 Å². The van der Waals surface area contributed by atoms with Gasteiger partial charge in [0, 0.05) is 26.6 Å². The summed E-state index contributed by atoms with van der Waals surface area (Å²) in [5.41, 5.74) is 0.212. The molecule has 0 saturated carbocycles. The molecule has 174 valence electrons. The van der Waals surface area contributed by atoms with Crippen LogP contribution >= 0.6 is 23.2 Å². The Morgan fingerprint density at radius 1 is 0.861 bits per heavy atom. The van der Waals surface area contributed by atoms with Crippen LogP contribution in [0.5, 0.6) is 0 Å². The minimum atomic E-state index is -0.641. The van der Waals surface area contributed by atoms with Crippen LogP contribution in [0.3, 0.4) is 0 Å². The molecular weight excluding hydrogens is 497 g/mol. The van der Waals surface area contributed by atoms with Crippen molar-refractivity contribution in [2.45, 2.75) is 0 Å². The van der Waals surface area contributed by atoms with E-state index in [1.165, 1.54) is 12.3 Å². The van der Waals surface area contributed by atoms with Gasteiger partial charge in [-0.2, -0.15) is 24.8 Å². The summed E-state index contributed by atoms with van der Waals surface area (Å²) in [7, 11) is 0. The molecule has 0 amide bonds. The summed E-state index contributed by atoms with van der Waals surface area (Å²) in [5.74, 6) is 0. The predicted molar refractivity (Wildman–Crippen MR) is 141 cm³/mol. The molecule has 2 heterocycles. The molecule has 3 aromatic carbocycles. The van der Waals surface area contributed by atoms with Gasteiger partial charge in [-0.1, -0.05) is 77.8 Å². The molecule has 0 spiro atoms. The van der Waals surface area contributed by atoms with Crippen LogP contribution in [0, 0.1) is 11.3 Å². The molecule has 9 heteroatoms. The standard InChI is InChI=1S/C27H15Cl2N5O2/c28-22-12-6-4-8-17(22)16-31-34-24(19-11-5-7-13-23(19)29)14-20-21(15-30)26(35)33(32-25(20)27(34)36)18-9-2-1-3-10-18/h1-14,16H/b31-16-. The topological polar surface area (TPSA) is 93.0 Å². The van der Waals surface area contributed by atoms with Crippen LogP contribution in [0.15, 0.2) is 99.6 Å². The van der Waals surface area contributed by atoms with Crippen molar-refractivity contribution >= 4 is 40.3 Å². The molecule has 0 N–H and O–H groups in total. The number of hydrogen-bond acceptors (Lipinski definition) is 5. The number of rotatable bonds is 4. The molecule has 0 unspecified atom stereocenters. The van der Waals surface area contributed by atoms with Gasteiger partial charge >= 0.3 is 0 Å². The highest BCUT2D eigenvalue weighted by Gasteiger charge is 2.20. The second-order valence-corrected chi connectivity index (χ2v) is 8.51. The number of halogens is 2. The molecule has 36 heavy (non-hydrogen) atoms. The second-order valence-electron chi connectivity index (χ2n) is 7.69. The Kier molecular flexibility index (Phi) is 6.21. The van der Waals surface area contributed by atoms with Gasteiger partial charge in [0.2, 0.25) is 0 Å². The fourth-order valence-corrected chi connectivity index (χ4v) is 4.19. The van der Waals surface area contributed by atoms with Crippen molar-refractivity contribution in [1.82, 2.24) is 14.5 Å². The van der Waals surface area contributed by atoms with Gasteiger partial charge in [-0.15, -0.1) is 0 Å². The zero-order valence-electron chi connectivity index (χ0n) is 18.5. The first-order valence-corrected chi connectivity index (χ1v) is 11.5. The predicted octanol–water partition coefficient (Wildman–Crippen LogP) is 5.28. The Morgan fingerprint density at radius 3 is 2.22 bits per heavy atom. The average Bonchev–Trinajstić information content (AvgIpc) is 2.89. The van der Waals surface area contributed by atoms with Gasteiger partial charge in [0.15, 0.2) is 5.52 Å². The average molecular weight is 512 g/mol. The summed E-state index contributed by atoms with van der Waals surface area (Å²) in [6.07, 6.45) is 1.45. The molecule has 7 nitrogen and oxygen atoms in total. The van der Waals surface area contributed by atoms with E-state index in [-0.39, 0.29) is 22.2 Å². The maximum Gasteiger partial charge on any atom is 0.299 e. The van der Waals surface area contributed by atoms with Crippen molar-refractivity contribution in [1.29, 1.82) is 5.26 Å². The molecule has 0 aliphatic heterocycles. The van der Waals surface area contributed by atoms with E-state index in [0.717, 1.165) is 9.36 Å². The van der Waals surface area contributed by atoms with Gasteiger partial charge in [0.1, 0.15) is 11.6 Å². The smallest absolute Gasteiger partial charge is 0.266 e. The molecule has 5 aromatic rings. The number of aromatic nitrogens is 3. The normalized spacial score (nSPS) is 11.1. The number of para-hydroxylation sites is 1. The van der Waals surface area contributed by atoms with Crippen molar-refractivity contribution in [3.05, 3.63) is 127 Å². The van der Waals surface area contributed by atoms with Crippen molar-refractivity contribution in [3.63, 3.8) is 0 Å². The monoisotopic (exact) mass is 511 g/mol. The highest BCUT2D eigenvalue weighted by Crippen LogP contribution is 2.29. The van der Waals surface area contributed by atoms with Crippen LogP contribution in [-0.2, 0) is 0 Å². The van der Waals surface area contributed by atoms with E-state index in [4.69, 9.17) is 23.2 Å². The van der Waals surface area contributed by atoms with Crippen LogP contribution in [0.4, 0.5) is 0 Å². The lowest BCUT2D eigenvalue weighted by Gasteiger charge is -2.13. The highest BCUT2D eigenvalue weighted by atomic mass is 35.5. The first-order valence-electron chi connectivity index (χ1n) is 10.7. The molecule has 0 saturated heterocycles. The van der Waals surface area contributed by atoms with Crippen LogP contribution in [-0.4, -0.2) is 20.7 Å². The fourth-order valence-electron chi connectivity index (χ4n) is 3.77. The molecule has 0 bridgehead atoms. The molecule has 0 radical (unpaired) electrons. The largest absolute Gasteiger partial charge is 0.299 e. The summed E-state index contributed by atoms with van der Waals surface area (Å²) in [4.78, 5) is 27.0. The number of pyridine rings is 1. The third-order valence-electron chi connectivity index (χ3n) is 5.51. The van der Waals surface area contributed by atoms with Gasteiger partial charge in [-0.05, 0) is 30.3 Å². The lowest BCUT2D eigenvalue weighted by molar-refractivity contribution is 0.802. The number of nitrogens with zero attached hydrogens (tertiary/aromatic N) is 5. The Hall–Kier alpha value is -4.51. The Bertz CT molecular complexity index is 1820. The van der Waals surface area contributed by atoms with E-state index < -0.39 is 11.1 Å². The Morgan fingerprint density at radius 2 is 1.53 bits per heavy atom. The van der Waals surface area contributed by atoms with E-state index in [9.17, 15) is 14.9 Å². The van der Waals surface area contributed by atoms with Gasteiger partial charge in [0.25, 0.3) is 11.1 Å². The summed E-state index contributed by atoms with van der Waals surface area (Å²) in [6.45, 7) is 0. The van der Waals surface area contributed by atoms with Gasteiger partial charge in [-0.25, -0.2) is 0 Å². The van der Waals surface area contributed by atoms with Gasteiger partial charge in [0.05, 0.1) is 17.6 Å². The van der Waals surface area contributed by atoms with E-state index in [1.807, 2.05) is 6.07 Å². The number of fused-ring (bicyclic) bond motifs is 1. The van der Waals surface area contributed by atoms with Crippen molar-refractivity contribution in [2.24, 2.45) is 5.10 Å². The molecular formula is C27H15Cl2N5O2. The Balaban J connectivity index is 1.88. The molecule has 0 atom stereocenters. The molecule has 5 rings (SSSR count). The summed E-state index contributed by atoms with van der Waals surface area (Å²) < 4.78 is 2.18. The molecule has 0 aliphatic rings. The minimum Gasteiger partial charge on any atom is -0.266 e. The lowest BCUT2D eigenvalue weighted by Crippen LogP contribution is -2.29. The quantitative estimate of drug-likeness (QED) is 0.307. The lowest BCUT2D eigenvalue weighted by atomic mass is 10.1. The van der Waals surface area contributed by atoms with Crippen molar-refractivity contribution < 1.29 is 0 Å². The molecule has 0 aliphatic carbocycles. The third kappa shape index (κ3) is 4.09. The summed E-state index contributed by atoms with van der Waals surface area (Å²) in [5, 5.41) is 19.5. The summed E-state index contributed by atoms with van der Waals surface area (Å²) >= 11 is 12.7. The van der Waals surface area contributed by atoms with Crippen LogP contribution in [0.1, 0.15) is 11.1 Å². The van der Waals surface area contributed by atoms with Gasteiger partial charge < -0.3 is 0 Å². The van der Waals surface area contributed by atoms with E-state index >= 15 is 0 Å². The van der Waals surface area contributed by atoms with Crippen LogP contribution < -0.4 is 11.1 Å². The van der Waals surface area contributed by atoms with E-state index in [2.05, 4.69) is 10.2 Å². The minimum absolute atomic E-state index is 0.0953. The number of nitriles is 1. The highest BCUT2D eigenvalue weighted by molar-refractivity contribution is 6.33. The Labute approximate surface area is 214 Å². The molecule has 2 aromatic heterocycles. The first-order chi connectivity index (χ1) is 17.5. The fraction of sp³-hybridized carbons (Fsp3) is 0. The van der Waals surface area contributed by atoms with Crippen molar-refractivity contribution in [2.75, 3.05) is 0 Å². The zero-order valence-corrected chi connectivity index (χ0v) is 20.0. The second kappa shape index (κ2) is 9.62. The molecule has 0 fully saturated rings. The third-order valence-corrected chi connectivity index (χ3v) is 6.19. The maximum atomic E-state index is 13.8. The van der Waals surface area contributed by atoms with Crippen molar-refractivity contribution in [3.8, 4) is 23.0 Å². The van der Waals surface area contributed by atoms with E-state index in [0.29, 0.717) is 26.9 Å². The van der Waals surface area contributed by atoms with Crippen LogP contribution in [0.2, 0.25) is 10.0 Å². The zero-order chi connectivity index (χ0) is 25.2. The number of hydrogen-bond donors (Lipinski definition) is 0. The number of benzene rings is 3. The first kappa shape index (κ1) is 23.2. The van der Waals surface area contributed by atoms with Gasteiger partial charge in [-0.3, -0.25) is 9.59 Å². The maximum absolute atomic E-state index is 13.8. The van der Waals surface area contributed by atoms with Crippen LogP contribution in [0.25, 0.3) is 27.8 Å².